The van der Waals surface area contributed by atoms with Crippen LogP contribution in [0.25, 0.3) is 11.3 Å². The van der Waals surface area contributed by atoms with Gasteiger partial charge in [-0.15, -0.1) is 0 Å². The summed E-state index contributed by atoms with van der Waals surface area (Å²) in [5.41, 5.74) is 11.5. The summed E-state index contributed by atoms with van der Waals surface area (Å²) in [6.45, 7) is 2.16. The van der Waals surface area contributed by atoms with E-state index < -0.39 is 23.9 Å². The van der Waals surface area contributed by atoms with E-state index >= 15 is 0 Å². The Hall–Kier alpha value is -3.86. The molecule has 1 saturated heterocycles. The monoisotopic (exact) mass is 480 g/mol. The van der Waals surface area contributed by atoms with Gasteiger partial charge in [0.2, 0.25) is 11.8 Å². The highest BCUT2D eigenvalue weighted by Gasteiger charge is 2.40. The van der Waals surface area contributed by atoms with Gasteiger partial charge in [-0.05, 0) is 37.1 Å². The lowest BCUT2D eigenvalue weighted by molar-refractivity contribution is -0.149. The van der Waals surface area contributed by atoms with Crippen molar-refractivity contribution in [2.75, 3.05) is 13.7 Å². The second kappa shape index (κ2) is 9.41. The first-order valence-electron chi connectivity index (χ1n) is 11.3. The van der Waals surface area contributed by atoms with E-state index in [2.05, 4.69) is 20.4 Å². The molecule has 5 rings (SSSR count). The molecule has 3 aliphatic rings. The summed E-state index contributed by atoms with van der Waals surface area (Å²) < 4.78 is 24.6. The molecule has 4 atom stereocenters. The van der Waals surface area contributed by atoms with Crippen LogP contribution in [0.4, 0.5) is 4.39 Å². The Kier molecular flexibility index (Phi) is 6.16. The number of rotatable bonds is 5. The third-order valence-corrected chi connectivity index (χ3v) is 6.25. The summed E-state index contributed by atoms with van der Waals surface area (Å²) in [5, 5.41) is 0. The van der Waals surface area contributed by atoms with Gasteiger partial charge in [0, 0.05) is 23.8 Å². The first kappa shape index (κ1) is 22.9. The van der Waals surface area contributed by atoms with E-state index in [4.69, 9.17) is 25.0 Å². The first-order valence-corrected chi connectivity index (χ1v) is 11.3. The number of cyclic esters (lactones) is 1. The Morgan fingerprint density at radius 3 is 2.86 bits per heavy atom. The molecule has 10 nitrogen and oxygen atoms in total. The topological polar surface area (TPSA) is 133 Å². The van der Waals surface area contributed by atoms with Gasteiger partial charge in [0.25, 0.3) is 0 Å². The number of methoxy groups -OCH3 is 1. The Labute approximate surface area is 201 Å². The quantitative estimate of drug-likeness (QED) is 0.496. The van der Waals surface area contributed by atoms with Gasteiger partial charge in [0.05, 0.1) is 37.4 Å². The number of carbonyl (C=O) groups excluding carboxylic acids is 1. The van der Waals surface area contributed by atoms with Crippen molar-refractivity contribution in [2.45, 2.75) is 38.0 Å². The fraction of sp³-hybridized carbons (Fsp3) is 0.375. The predicted octanol–water partition coefficient (Wildman–Crippen LogP) is 2.35. The molecule has 1 fully saturated rings. The van der Waals surface area contributed by atoms with Crippen molar-refractivity contribution in [2.24, 2.45) is 26.6 Å². The number of nitrogens with zero attached hydrogens (tertiary/aromatic N) is 4. The second-order valence-electron chi connectivity index (χ2n) is 8.51. The van der Waals surface area contributed by atoms with Gasteiger partial charge in [-0.25, -0.2) is 24.2 Å². The van der Waals surface area contributed by atoms with Gasteiger partial charge in [-0.3, -0.25) is 15.3 Å². The normalized spacial score (nSPS) is 25.7. The maximum atomic E-state index is 14.3. The number of hydrogen-bond acceptors (Lipinski definition) is 10. The molecule has 0 bridgehead atoms. The molecule has 0 aliphatic carbocycles. The maximum Gasteiger partial charge on any atom is 0.338 e. The van der Waals surface area contributed by atoms with E-state index in [-0.39, 0.29) is 17.9 Å². The molecule has 182 valence electrons. The molecular formula is C24H25FN6O4. The molecule has 35 heavy (non-hydrogen) atoms. The van der Waals surface area contributed by atoms with E-state index in [1.54, 1.807) is 24.3 Å². The zero-order chi connectivity index (χ0) is 24.5. The number of guanidine groups is 1. The molecule has 1 aromatic heterocycles. The first-order chi connectivity index (χ1) is 16.9. The number of carbonyl (C=O) groups is 1. The molecule has 3 aliphatic heterocycles. The Morgan fingerprint density at radius 2 is 2.09 bits per heavy atom. The van der Waals surface area contributed by atoms with Crippen LogP contribution in [0.3, 0.4) is 0 Å². The molecule has 0 saturated carbocycles. The average molecular weight is 481 g/mol. The fourth-order valence-electron chi connectivity index (χ4n) is 4.62. The lowest BCUT2D eigenvalue weighted by Gasteiger charge is -2.35. The van der Waals surface area contributed by atoms with Crippen molar-refractivity contribution in [3.05, 3.63) is 47.8 Å². The van der Waals surface area contributed by atoms with Crippen LogP contribution >= 0.6 is 0 Å². The number of nitrogens with one attached hydrogen (secondary N) is 1. The van der Waals surface area contributed by atoms with Crippen molar-refractivity contribution >= 4 is 23.5 Å². The number of hydroxylamine groups is 1. The number of fused-ring (bicyclic) bond motifs is 1. The highest BCUT2D eigenvalue weighted by Crippen LogP contribution is 2.39. The molecule has 0 spiro atoms. The molecule has 3 N–H and O–H groups in total. The lowest BCUT2D eigenvalue weighted by Crippen LogP contribution is -2.48. The third-order valence-electron chi connectivity index (χ3n) is 6.25. The third kappa shape index (κ3) is 4.59. The number of pyridine rings is 1. The number of aromatic nitrogens is 1. The molecule has 11 heteroatoms. The minimum atomic E-state index is -0.728. The van der Waals surface area contributed by atoms with Gasteiger partial charge >= 0.3 is 5.97 Å². The summed E-state index contributed by atoms with van der Waals surface area (Å²) in [4.78, 5) is 35.8. The van der Waals surface area contributed by atoms with Crippen molar-refractivity contribution in [3.8, 4) is 17.1 Å². The summed E-state index contributed by atoms with van der Waals surface area (Å²) in [6.07, 6.45) is 0.226. The smallest absolute Gasteiger partial charge is 0.338 e. The van der Waals surface area contributed by atoms with Crippen molar-refractivity contribution in [1.82, 2.24) is 10.5 Å². The lowest BCUT2D eigenvalue weighted by atomic mass is 9.82. The average Bonchev–Trinajstić information content (AvgIpc) is 3.26. The number of nitrogens with two attached hydrogens (primary N) is 1. The summed E-state index contributed by atoms with van der Waals surface area (Å²) >= 11 is 0. The zero-order valence-corrected chi connectivity index (χ0v) is 19.3. The van der Waals surface area contributed by atoms with Gasteiger partial charge in [-0.2, -0.15) is 0 Å². The van der Waals surface area contributed by atoms with E-state index in [1.165, 1.54) is 19.2 Å². The van der Waals surface area contributed by atoms with Crippen LogP contribution in [-0.4, -0.2) is 54.3 Å². The molecule has 1 aromatic carbocycles. The Morgan fingerprint density at radius 1 is 1.23 bits per heavy atom. The fourth-order valence-corrected chi connectivity index (χ4v) is 4.62. The highest BCUT2D eigenvalue weighted by atomic mass is 19.1. The molecule has 2 aromatic rings. The summed E-state index contributed by atoms with van der Waals surface area (Å²) in [5.74, 6) is -0.0378. The number of hydrogen-bond donors (Lipinski definition) is 2. The Bertz CT molecular complexity index is 1250. The van der Waals surface area contributed by atoms with Gasteiger partial charge in [-0.1, -0.05) is 12.1 Å². The Balaban J connectivity index is 1.54. The molecule has 4 heterocycles. The van der Waals surface area contributed by atoms with Crippen LogP contribution < -0.4 is 16.0 Å². The van der Waals surface area contributed by atoms with E-state index in [1.807, 2.05) is 6.92 Å². The van der Waals surface area contributed by atoms with Crippen molar-refractivity contribution in [1.29, 1.82) is 0 Å². The molecule has 3 unspecified atom stereocenters. The van der Waals surface area contributed by atoms with Gasteiger partial charge in [0.1, 0.15) is 11.7 Å². The minimum Gasteiger partial charge on any atom is -0.481 e. The maximum absolute atomic E-state index is 14.3. The number of halogens is 1. The largest absolute Gasteiger partial charge is 0.481 e. The van der Waals surface area contributed by atoms with Crippen LogP contribution in [-0.2, 0) is 14.4 Å². The highest BCUT2D eigenvalue weighted by molar-refractivity contribution is 6.11. The number of esters is 1. The predicted molar refractivity (Wildman–Crippen MR) is 127 cm³/mol. The van der Waals surface area contributed by atoms with Crippen LogP contribution in [0.15, 0.2) is 51.4 Å². The van der Waals surface area contributed by atoms with Crippen molar-refractivity contribution < 1.29 is 23.5 Å². The van der Waals surface area contributed by atoms with Gasteiger partial charge < -0.3 is 15.2 Å². The summed E-state index contributed by atoms with van der Waals surface area (Å²) in [6, 6.07) is 9.15. The number of ether oxygens (including phenoxy) is 2. The SMILES string of the molecule is COc1cccc(-c2cc(F)ccc2C2C[C@H]3N=C(N)N=C(C)C3C(NOC3CCOC3=O)=N2)n1. The number of amidine groups is 1. The van der Waals surface area contributed by atoms with Crippen LogP contribution in [0.1, 0.15) is 31.4 Å². The zero-order valence-electron chi connectivity index (χ0n) is 19.3. The van der Waals surface area contributed by atoms with Crippen LogP contribution in [0.5, 0.6) is 5.88 Å². The van der Waals surface area contributed by atoms with Crippen molar-refractivity contribution in [3.63, 3.8) is 0 Å². The second-order valence-corrected chi connectivity index (χ2v) is 8.51. The minimum absolute atomic E-state index is 0.192. The van der Waals surface area contributed by atoms with E-state index in [0.717, 1.165) is 11.3 Å². The number of aliphatic imine (C=N–C) groups is 3. The van der Waals surface area contributed by atoms with Crippen LogP contribution in [0.2, 0.25) is 0 Å². The van der Waals surface area contributed by atoms with Gasteiger partial charge in [0.15, 0.2) is 6.10 Å². The number of benzene rings is 1. The summed E-state index contributed by atoms with van der Waals surface area (Å²) in [7, 11) is 1.53. The molecular weight excluding hydrogens is 455 g/mol. The van der Waals surface area contributed by atoms with E-state index in [9.17, 15) is 9.18 Å². The standard InChI is InChI=1S/C24H25FN6O4/c1-12-21-18(30-24(26)27-12)11-17(29-22(21)31-35-19-8-9-34-23(19)32)14-7-6-13(25)10-15(14)16-4-3-5-20(28-16)33-2/h3-7,10,17-19,21H,8-9,11H2,1-2H3,(H2,26,30)(H,29,31)/t17?,18-,19?,21?/m1/s1. The van der Waals surface area contributed by atoms with E-state index in [0.29, 0.717) is 42.4 Å². The molecule has 0 amide bonds. The molecule has 0 radical (unpaired) electrons. The van der Waals surface area contributed by atoms with Crippen LogP contribution in [0, 0.1) is 11.7 Å².